The normalized spacial score (nSPS) is 34.8. The van der Waals surface area contributed by atoms with Crippen molar-refractivity contribution in [3.05, 3.63) is 35.9 Å². The van der Waals surface area contributed by atoms with Crippen molar-refractivity contribution in [2.45, 2.75) is 56.4 Å². The van der Waals surface area contributed by atoms with Gasteiger partial charge >= 0.3 is 0 Å². The number of benzene rings is 1. The van der Waals surface area contributed by atoms with Gasteiger partial charge in [0.2, 0.25) is 0 Å². The second-order valence-corrected chi connectivity index (χ2v) is 6.87. The Morgan fingerprint density at radius 1 is 1.16 bits per heavy atom. The van der Waals surface area contributed by atoms with Crippen molar-refractivity contribution in [3.8, 4) is 0 Å². The maximum Gasteiger partial charge on any atom is 0.190 e. The second kappa shape index (κ2) is 7.28. The molecule has 0 amide bonds. The summed E-state index contributed by atoms with van der Waals surface area (Å²) in [5.74, 6) is -0.798. The lowest BCUT2D eigenvalue weighted by molar-refractivity contribution is -0.274. The van der Waals surface area contributed by atoms with Gasteiger partial charge in [-0.25, -0.2) is 0 Å². The van der Waals surface area contributed by atoms with E-state index in [0.29, 0.717) is 6.61 Å². The summed E-state index contributed by atoms with van der Waals surface area (Å²) in [5, 5.41) is 20.0. The van der Waals surface area contributed by atoms with Crippen LogP contribution in [0.25, 0.3) is 0 Å². The molecule has 2 heterocycles. The number of ether oxygens (including phenoxy) is 5. The topological polar surface area (TPSA) is 86.6 Å². The van der Waals surface area contributed by atoms with Gasteiger partial charge in [-0.15, -0.1) is 0 Å². The zero-order valence-electron chi connectivity index (χ0n) is 14.8. The predicted octanol–water partition coefficient (Wildman–Crippen LogP) is 0.818. The second-order valence-electron chi connectivity index (χ2n) is 6.87. The number of hydrogen-bond donors (Lipinski definition) is 2. The minimum Gasteiger partial charge on any atom is -0.394 e. The van der Waals surface area contributed by atoms with Crippen LogP contribution in [0.4, 0.5) is 0 Å². The first-order valence-corrected chi connectivity index (χ1v) is 8.39. The van der Waals surface area contributed by atoms with E-state index < -0.39 is 42.6 Å². The highest BCUT2D eigenvalue weighted by atomic mass is 16.8. The van der Waals surface area contributed by atoms with Gasteiger partial charge in [-0.3, -0.25) is 0 Å². The van der Waals surface area contributed by atoms with Gasteiger partial charge in [-0.05, 0) is 19.4 Å². The van der Waals surface area contributed by atoms with Crippen LogP contribution < -0.4 is 0 Å². The Hall–Kier alpha value is -1.06. The lowest BCUT2D eigenvalue weighted by Crippen LogP contribution is -2.58. The molecule has 0 spiro atoms. The first kappa shape index (κ1) is 18.7. The number of hydrogen-bond acceptors (Lipinski definition) is 7. The molecule has 2 saturated heterocycles. The third-order valence-electron chi connectivity index (χ3n) is 4.63. The van der Waals surface area contributed by atoms with Crippen LogP contribution >= 0.6 is 0 Å². The van der Waals surface area contributed by atoms with Gasteiger partial charge in [0, 0.05) is 7.11 Å². The van der Waals surface area contributed by atoms with Crippen molar-refractivity contribution < 1.29 is 33.9 Å². The Kier molecular flexibility index (Phi) is 5.45. The highest BCUT2D eigenvalue weighted by molar-refractivity contribution is 5.14. The monoisotopic (exact) mass is 354 g/mol. The van der Waals surface area contributed by atoms with Crippen molar-refractivity contribution >= 4 is 0 Å². The first-order chi connectivity index (χ1) is 11.9. The van der Waals surface area contributed by atoms with E-state index in [1.807, 2.05) is 30.3 Å². The molecule has 1 aromatic carbocycles. The molecule has 7 heteroatoms. The average Bonchev–Trinajstić information content (AvgIpc) is 3.03. The molecule has 5 atom stereocenters. The maximum atomic E-state index is 10.4. The molecular weight excluding hydrogens is 328 g/mol. The smallest absolute Gasteiger partial charge is 0.190 e. The van der Waals surface area contributed by atoms with Crippen molar-refractivity contribution in [2.75, 3.05) is 20.3 Å². The van der Waals surface area contributed by atoms with E-state index in [2.05, 4.69) is 0 Å². The van der Waals surface area contributed by atoms with Crippen molar-refractivity contribution in [1.29, 1.82) is 0 Å². The van der Waals surface area contributed by atoms with Crippen LogP contribution in [-0.4, -0.2) is 66.5 Å². The van der Waals surface area contributed by atoms with Crippen LogP contribution in [-0.2, 0) is 30.3 Å². The van der Waals surface area contributed by atoms with Crippen molar-refractivity contribution in [2.24, 2.45) is 0 Å². The fraction of sp³-hybridized carbons (Fsp3) is 0.667. The van der Waals surface area contributed by atoms with E-state index in [0.717, 1.165) is 5.56 Å². The molecule has 0 aromatic heterocycles. The van der Waals surface area contributed by atoms with Crippen molar-refractivity contribution in [3.63, 3.8) is 0 Å². The van der Waals surface area contributed by atoms with Gasteiger partial charge in [0.25, 0.3) is 0 Å². The number of fused-ring (bicyclic) bond motifs is 1. The minimum absolute atomic E-state index is 0.0300. The molecule has 2 N–H and O–H groups in total. The van der Waals surface area contributed by atoms with Crippen LogP contribution in [0.15, 0.2) is 30.3 Å². The average molecular weight is 354 g/mol. The first-order valence-electron chi connectivity index (χ1n) is 8.39. The molecule has 2 fully saturated rings. The molecule has 2 aliphatic heterocycles. The largest absolute Gasteiger partial charge is 0.394 e. The lowest BCUT2D eigenvalue weighted by Gasteiger charge is -2.38. The molecular formula is C18H26O7. The number of aliphatic hydroxyl groups excluding tert-OH is 2. The maximum absolute atomic E-state index is 10.4. The number of rotatable bonds is 7. The van der Waals surface area contributed by atoms with Crippen LogP contribution in [0.5, 0.6) is 0 Å². The predicted molar refractivity (Wildman–Crippen MR) is 87.6 cm³/mol. The Balaban J connectivity index is 1.75. The highest BCUT2D eigenvalue weighted by Gasteiger charge is 2.65. The Morgan fingerprint density at radius 2 is 1.88 bits per heavy atom. The summed E-state index contributed by atoms with van der Waals surface area (Å²) in [5.41, 5.74) is -0.277. The molecule has 3 rings (SSSR count). The molecule has 0 saturated carbocycles. The summed E-state index contributed by atoms with van der Waals surface area (Å²) >= 11 is 0. The molecule has 7 nitrogen and oxygen atoms in total. The number of methoxy groups -OCH3 is 1. The molecule has 0 radical (unpaired) electrons. The molecule has 25 heavy (non-hydrogen) atoms. The van der Waals surface area contributed by atoms with E-state index in [9.17, 15) is 10.2 Å². The van der Waals surface area contributed by atoms with Gasteiger partial charge in [-0.1, -0.05) is 30.3 Å². The van der Waals surface area contributed by atoms with Gasteiger partial charge in [-0.2, -0.15) is 0 Å². The summed E-state index contributed by atoms with van der Waals surface area (Å²) in [6, 6.07) is 9.67. The molecule has 1 aromatic rings. The third-order valence-corrected chi connectivity index (χ3v) is 4.63. The fourth-order valence-electron chi connectivity index (χ4n) is 3.49. The van der Waals surface area contributed by atoms with E-state index in [1.54, 1.807) is 13.8 Å². The lowest BCUT2D eigenvalue weighted by atomic mass is 9.90. The van der Waals surface area contributed by atoms with Crippen LogP contribution in [0.3, 0.4) is 0 Å². The highest BCUT2D eigenvalue weighted by Crippen LogP contribution is 2.45. The standard InChI is InChI=1S/C18H26O7/c1-17(2)23-14-15(21-3)18(13(20)9-19,25-16(14)24-17)11-22-10-12-7-5-4-6-8-12/h4-8,13-16,19-20H,9-11H2,1-3H3/t13?,14-,15+,16+,18+/m1/s1. The minimum atomic E-state index is -1.27. The zero-order chi connectivity index (χ0) is 18.1. The van der Waals surface area contributed by atoms with Gasteiger partial charge in [0.1, 0.15) is 18.3 Å². The van der Waals surface area contributed by atoms with Crippen LogP contribution in [0.1, 0.15) is 19.4 Å². The van der Waals surface area contributed by atoms with Crippen LogP contribution in [0, 0.1) is 0 Å². The van der Waals surface area contributed by atoms with E-state index in [-0.39, 0.29) is 6.61 Å². The molecule has 0 aliphatic carbocycles. The molecule has 2 aliphatic rings. The summed E-state index contributed by atoms with van der Waals surface area (Å²) in [4.78, 5) is 0. The molecule has 0 bridgehead atoms. The van der Waals surface area contributed by atoms with Gasteiger partial charge < -0.3 is 33.9 Å². The SMILES string of the molecule is CO[C@H]1[C@H]2OC(C)(C)O[C@H]2O[C@@]1(COCc1ccccc1)C(O)CO. The van der Waals surface area contributed by atoms with Gasteiger partial charge in [0.15, 0.2) is 17.7 Å². The molecule has 140 valence electrons. The van der Waals surface area contributed by atoms with Crippen molar-refractivity contribution in [1.82, 2.24) is 0 Å². The zero-order valence-corrected chi connectivity index (χ0v) is 14.8. The van der Waals surface area contributed by atoms with Crippen LogP contribution in [0.2, 0.25) is 0 Å². The van der Waals surface area contributed by atoms with E-state index in [1.165, 1.54) is 7.11 Å². The Morgan fingerprint density at radius 3 is 2.52 bits per heavy atom. The molecule has 1 unspecified atom stereocenters. The summed E-state index contributed by atoms with van der Waals surface area (Å²) in [6.07, 6.45) is -3.05. The van der Waals surface area contributed by atoms with E-state index in [4.69, 9.17) is 23.7 Å². The fourth-order valence-corrected chi connectivity index (χ4v) is 3.49. The quantitative estimate of drug-likeness (QED) is 0.750. The number of aliphatic hydroxyl groups is 2. The van der Waals surface area contributed by atoms with Gasteiger partial charge in [0.05, 0.1) is 19.8 Å². The summed E-state index contributed by atoms with van der Waals surface area (Å²) in [7, 11) is 1.52. The third kappa shape index (κ3) is 3.59. The Labute approximate surface area is 147 Å². The summed E-state index contributed by atoms with van der Waals surface area (Å²) in [6.45, 7) is 3.47. The van der Waals surface area contributed by atoms with E-state index >= 15 is 0 Å². The summed E-state index contributed by atoms with van der Waals surface area (Å²) < 4.78 is 29.0. The Bertz CT molecular complexity index is 564.